The molecule has 0 saturated carbocycles. The van der Waals surface area contributed by atoms with Gasteiger partial charge in [0.25, 0.3) is 0 Å². The molecule has 27 heavy (non-hydrogen) atoms. The van der Waals surface area contributed by atoms with Gasteiger partial charge in [-0.2, -0.15) is 0 Å². The summed E-state index contributed by atoms with van der Waals surface area (Å²) in [7, 11) is 0. The van der Waals surface area contributed by atoms with Crippen molar-refractivity contribution in [3.63, 3.8) is 0 Å². The van der Waals surface area contributed by atoms with Crippen LogP contribution in [0.25, 0.3) is 10.9 Å². The molecule has 0 saturated heterocycles. The Morgan fingerprint density at radius 3 is 2.63 bits per heavy atom. The molecule has 0 spiro atoms. The molecule has 7 nitrogen and oxygen atoms in total. The Labute approximate surface area is 156 Å². The maximum absolute atomic E-state index is 12.0. The number of anilines is 1. The Kier molecular flexibility index (Phi) is 5.73. The first-order valence-electron chi connectivity index (χ1n) is 8.64. The fourth-order valence-corrected chi connectivity index (χ4v) is 2.92. The van der Waals surface area contributed by atoms with Crippen molar-refractivity contribution in [2.24, 2.45) is 5.73 Å². The second-order valence-electron chi connectivity index (χ2n) is 6.12. The molecule has 0 aliphatic heterocycles. The van der Waals surface area contributed by atoms with Gasteiger partial charge in [0.1, 0.15) is 12.3 Å². The number of H-pyrrole nitrogens is 1. The third kappa shape index (κ3) is 4.45. The number of benzene rings is 2. The van der Waals surface area contributed by atoms with E-state index in [0.29, 0.717) is 36.2 Å². The minimum atomic E-state index is -1.02. The molecule has 0 radical (unpaired) electrons. The van der Waals surface area contributed by atoms with Gasteiger partial charge < -0.3 is 20.6 Å². The maximum atomic E-state index is 12.0. The molecule has 0 atom stereocenters. The highest BCUT2D eigenvalue weighted by Crippen LogP contribution is 2.27. The van der Waals surface area contributed by atoms with E-state index in [2.05, 4.69) is 10.3 Å². The predicted octanol–water partition coefficient (Wildman–Crippen LogP) is 3.51. The number of fused-ring (bicyclic) bond motifs is 1. The number of carboxylic acids is 1. The molecule has 0 unspecified atom stereocenters. The fraction of sp³-hybridized carbons (Fsp3) is 0.200. The number of carboxylic acid groups (broad SMARTS) is 1. The Balaban J connectivity index is 1.76. The quantitative estimate of drug-likeness (QED) is 0.510. The van der Waals surface area contributed by atoms with E-state index in [1.807, 2.05) is 30.3 Å². The third-order valence-corrected chi connectivity index (χ3v) is 4.21. The van der Waals surface area contributed by atoms with Crippen LogP contribution in [0.15, 0.2) is 48.5 Å². The van der Waals surface area contributed by atoms with Crippen molar-refractivity contribution in [2.75, 3.05) is 11.9 Å². The summed E-state index contributed by atoms with van der Waals surface area (Å²) in [6, 6.07) is 14.6. The van der Waals surface area contributed by atoms with Crippen molar-refractivity contribution in [3.05, 3.63) is 65.4 Å². The number of rotatable bonds is 7. The van der Waals surface area contributed by atoms with E-state index in [4.69, 9.17) is 10.5 Å². The van der Waals surface area contributed by atoms with Gasteiger partial charge in [-0.3, -0.25) is 5.32 Å². The summed E-state index contributed by atoms with van der Waals surface area (Å²) in [5.41, 5.74) is 8.52. The number of aromatic amines is 1. The molecule has 0 bridgehead atoms. The van der Waals surface area contributed by atoms with E-state index >= 15 is 0 Å². The third-order valence-electron chi connectivity index (χ3n) is 4.21. The van der Waals surface area contributed by atoms with Crippen molar-refractivity contribution >= 4 is 28.7 Å². The maximum Gasteiger partial charge on any atom is 0.411 e. The number of nitrogens with one attached hydrogen (secondary N) is 2. The van der Waals surface area contributed by atoms with Gasteiger partial charge in [0.2, 0.25) is 0 Å². The van der Waals surface area contributed by atoms with Crippen LogP contribution in [-0.4, -0.2) is 28.7 Å². The molecular formula is C20H21N3O4. The van der Waals surface area contributed by atoms with Crippen LogP contribution in [0.4, 0.5) is 10.5 Å². The zero-order valence-corrected chi connectivity index (χ0v) is 14.7. The lowest BCUT2D eigenvalue weighted by Crippen LogP contribution is -2.13. The van der Waals surface area contributed by atoms with E-state index in [-0.39, 0.29) is 12.3 Å². The monoisotopic (exact) mass is 367 g/mol. The van der Waals surface area contributed by atoms with E-state index in [0.717, 1.165) is 10.9 Å². The first-order valence-corrected chi connectivity index (χ1v) is 8.64. The summed E-state index contributed by atoms with van der Waals surface area (Å²) < 4.78 is 5.21. The van der Waals surface area contributed by atoms with Crippen LogP contribution < -0.4 is 11.1 Å². The standard InChI is InChI=1S/C20H21N3O4/c21-10-4-7-15-16-11-14(8-9-17(16)23-18(15)19(24)25)22-20(26)27-12-13-5-2-1-3-6-13/h1-3,5-6,8-9,11,23H,4,7,10,12,21H2,(H,22,26)(H,24,25). The smallest absolute Gasteiger partial charge is 0.411 e. The molecule has 1 aromatic heterocycles. The Bertz CT molecular complexity index is 951. The Hall–Kier alpha value is -3.32. The minimum absolute atomic E-state index is 0.155. The summed E-state index contributed by atoms with van der Waals surface area (Å²) in [5, 5.41) is 12.8. The topological polar surface area (TPSA) is 117 Å². The van der Waals surface area contributed by atoms with Gasteiger partial charge in [0.05, 0.1) is 0 Å². The van der Waals surface area contributed by atoms with Gasteiger partial charge in [-0.05, 0) is 48.7 Å². The molecule has 1 amide bonds. The van der Waals surface area contributed by atoms with Crippen molar-refractivity contribution < 1.29 is 19.4 Å². The van der Waals surface area contributed by atoms with Crippen LogP contribution in [-0.2, 0) is 17.8 Å². The molecule has 1 heterocycles. The number of ether oxygens (including phenoxy) is 1. The van der Waals surface area contributed by atoms with Crippen LogP contribution in [0.5, 0.6) is 0 Å². The number of aromatic nitrogens is 1. The zero-order valence-electron chi connectivity index (χ0n) is 14.7. The van der Waals surface area contributed by atoms with Crippen LogP contribution in [0.2, 0.25) is 0 Å². The number of carbonyl (C=O) groups excluding carboxylic acids is 1. The highest BCUT2D eigenvalue weighted by atomic mass is 16.5. The molecule has 0 aliphatic rings. The second kappa shape index (κ2) is 8.37. The predicted molar refractivity (Wildman–Crippen MR) is 103 cm³/mol. The van der Waals surface area contributed by atoms with Crippen molar-refractivity contribution in [2.45, 2.75) is 19.4 Å². The molecule has 2 aromatic carbocycles. The fourth-order valence-electron chi connectivity index (χ4n) is 2.92. The number of hydrogen-bond donors (Lipinski definition) is 4. The SMILES string of the molecule is NCCCc1c(C(=O)O)[nH]c2ccc(NC(=O)OCc3ccccc3)cc12. The average molecular weight is 367 g/mol. The number of hydrogen-bond acceptors (Lipinski definition) is 4. The first kappa shape index (κ1) is 18.5. The van der Waals surface area contributed by atoms with Crippen molar-refractivity contribution in [1.29, 1.82) is 0 Å². The molecule has 0 aliphatic carbocycles. The summed E-state index contributed by atoms with van der Waals surface area (Å²) >= 11 is 0. The second-order valence-corrected chi connectivity index (χ2v) is 6.12. The number of aromatic carboxylic acids is 1. The Morgan fingerprint density at radius 1 is 1.15 bits per heavy atom. The summed E-state index contributed by atoms with van der Waals surface area (Å²) in [4.78, 5) is 26.4. The first-order chi connectivity index (χ1) is 13.1. The highest BCUT2D eigenvalue weighted by Gasteiger charge is 2.17. The Morgan fingerprint density at radius 2 is 1.93 bits per heavy atom. The number of aryl methyl sites for hydroxylation is 1. The lowest BCUT2D eigenvalue weighted by atomic mass is 10.0. The van der Waals surface area contributed by atoms with Crippen LogP contribution in [0.1, 0.15) is 28.0 Å². The number of carbonyl (C=O) groups is 2. The normalized spacial score (nSPS) is 10.7. The van der Waals surface area contributed by atoms with Crippen LogP contribution in [0, 0.1) is 0 Å². The lowest BCUT2D eigenvalue weighted by molar-refractivity contribution is 0.0690. The minimum Gasteiger partial charge on any atom is -0.477 e. The molecule has 140 valence electrons. The molecule has 5 N–H and O–H groups in total. The molecule has 3 aromatic rings. The van der Waals surface area contributed by atoms with Gasteiger partial charge >= 0.3 is 12.1 Å². The average Bonchev–Trinajstić information content (AvgIpc) is 3.04. The van der Waals surface area contributed by atoms with Crippen molar-refractivity contribution in [1.82, 2.24) is 4.98 Å². The number of amides is 1. The van der Waals surface area contributed by atoms with Gasteiger partial charge in [0.15, 0.2) is 0 Å². The largest absolute Gasteiger partial charge is 0.477 e. The van der Waals surface area contributed by atoms with Gasteiger partial charge in [-0.15, -0.1) is 0 Å². The van der Waals surface area contributed by atoms with Crippen LogP contribution in [0.3, 0.4) is 0 Å². The zero-order chi connectivity index (χ0) is 19.2. The van der Waals surface area contributed by atoms with Crippen molar-refractivity contribution in [3.8, 4) is 0 Å². The molecule has 0 fully saturated rings. The van der Waals surface area contributed by atoms with E-state index in [1.165, 1.54) is 0 Å². The highest BCUT2D eigenvalue weighted by molar-refractivity contribution is 5.99. The summed E-state index contributed by atoms with van der Waals surface area (Å²) in [6.07, 6.45) is 0.639. The number of nitrogens with two attached hydrogens (primary N) is 1. The molecule has 3 rings (SSSR count). The van der Waals surface area contributed by atoms with E-state index < -0.39 is 12.1 Å². The van der Waals surface area contributed by atoms with E-state index in [9.17, 15) is 14.7 Å². The van der Waals surface area contributed by atoms with Gasteiger partial charge in [-0.1, -0.05) is 30.3 Å². The molecular weight excluding hydrogens is 346 g/mol. The van der Waals surface area contributed by atoms with Gasteiger partial charge in [-0.25, -0.2) is 9.59 Å². The molecule has 7 heteroatoms. The summed E-state index contributed by atoms with van der Waals surface area (Å²) in [5.74, 6) is -1.02. The summed E-state index contributed by atoms with van der Waals surface area (Å²) in [6.45, 7) is 0.638. The lowest BCUT2D eigenvalue weighted by Gasteiger charge is -2.08. The van der Waals surface area contributed by atoms with E-state index in [1.54, 1.807) is 18.2 Å². The van der Waals surface area contributed by atoms with Gasteiger partial charge in [0, 0.05) is 16.6 Å². The van der Waals surface area contributed by atoms with Crippen LogP contribution >= 0.6 is 0 Å².